The van der Waals surface area contributed by atoms with Crippen molar-refractivity contribution >= 4 is 16.9 Å². The molecule has 0 aliphatic carbocycles. The highest BCUT2D eigenvalue weighted by atomic mass is 19.1. The number of hydrogen-bond acceptors (Lipinski definition) is 3. The molecule has 0 spiro atoms. The van der Waals surface area contributed by atoms with Gasteiger partial charge in [-0.2, -0.15) is 0 Å². The number of nitrogens with zero attached hydrogens (tertiary/aromatic N) is 2. The molecule has 2 aromatic carbocycles. The Kier molecular flexibility index (Phi) is 3.55. The van der Waals surface area contributed by atoms with Crippen molar-refractivity contribution in [3.8, 4) is 0 Å². The van der Waals surface area contributed by atoms with Crippen LogP contribution in [0.15, 0.2) is 54.9 Å². The molecule has 1 amide bonds. The Bertz CT molecular complexity index is 799. The number of fused-ring (bicyclic) bond motifs is 1. The van der Waals surface area contributed by atoms with E-state index >= 15 is 0 Å². The summed E-state index contributed by atoms with van der Waals surface area (Å²) in [4.78, 5) is 20.6. The van der Waals surface area contributed by atoms with E-state index in [1.165, 1.54) is 12.3 Å². The number of halogens is 1. The molecule has 3 aromatic rings. The second kappa shape index (κ2) is 5.66. The molecule has 0 unspecified atom stereocenters. The van der Waals surface area contributed by atoms with E-state index in [0.29, 0.717) is 22.2 Å². The standard InChI is InChI=1S/C16H12FN3O/c17-13-6-2-1-4-11(13)10-20-16(21)12-5-3-7-14-15(12)19-9-8-18-14/h1-9H,10H2,(H,20,21). The molecule has 0 aliphatic rings. The third-order valence-corrected chi connectivity index (χ3v) is 3.14. The molecule has 0 saturated heterocycles. The van der Waals surface area contributed by atoms with Gasteiger partial charge in [0.1, 0.15) is 11.3 Å². The van der Waals surface area contributed by atoms with Crippen LogP contribution in [0.1, 0.15) is 15.9 Å². The fraction of sp³-hybridized carbons (Fsp3) is 0.0625. The van der Waals surface area contributed by atoms with Crippen molar-refractivity contribution in [2.24, 2.45) is 0 Å². The molecular weight excluding hydrogens is 269 g/mol. The largest absolute Gasteiger partial charge is 0.348 e. The molecule has 0 saturated carbocycles. The van der Waals surface area contributed by atoms with E-state index in [9.17, 15) is 9.18 Å². The lowest BCUT2D eigenvalue weighted by Crippen LogP contribution is -2.23. The van der Waals surface area contributed by atoms with Gasteiger partial charge in [-0.25, -0.2) is 4.39 Å². The van der Waals surface area contributed by atoms with Crippen molar-refractivity contribution in [3.05, 3.63) is 71.8 Å². The molecule has 21 heavy (non-hydrogen) atoms. The number of para-hydroxylation sites is 1. The molecule has 0 radical (unpaired) electrons. The Hall–Kier alpha value is -2.82. The Labute approximate surface area is 120 Å². The number of carbonyl (C=O) groups is 1. The highest BCUT2D eigenvalue weighted by molar-refractivity contribution is 6.04. The summed E-state index contributed by atoms with van der Waals surface area (Å²) in [5.74, 6) is -0.639. The minimum Gasteiger partial charge on any atom is -0.348 e. The minimum absolute atomic E-state index is 0.127. The number of aromatic nitrogens is 2. The first kappa shape index (κ1) is 13.2. The van der Waals surface area contributed by atoms with Gasteiger partial charge in [0, 0.05) is 24.5 Å². The number of benzene rings is 2. The topological polar surface area (TPSA) is 54.9 Å². The first-order valence-corrected chi connectivity index (χ1v) is 6.47. The van der Waals surface area contributed by atoms with Crippen LogP contribution in [-0.2, 0) is 6.54 Å². The SMILES string of the molecule is O=C(NCc1ccccc1F)c1cccc2nccnc12. The van der Waals surface area contributed by atoms with E-state index in [1.54, 1.807) is 42.6 Å². The van der Waals surface area contributed by atoms with Crippen molar-refractivity contribution < 1.29 is 9.18 Å². The van der Waals surface area contributed by atoms with Crippen molar-refractivity contribution in [2.45, 2.75) is 6.54 Å². The van der Waals surface area contributed by atoms with Gasteiger partial charge >= 0.3 is 0 Å². The Morgan fingerprint density at radius 2 is 1.86 bits per heavy atom. The first-order chi connectivity index (χ1) is 10.3. The fourth-order valence-corrected chi connectivity index (χ4v) is 2.09. The van der Waals surface area contributed by atoms with E-state index in [1.807, 2.05) is 0 Å². The number of rotatable bonds is 3. The number of amides is 1. The molecule has 0 atom stereocenters. The quantitative estimate of drug-likeness (QED) is 0.803. The van der Waals surface area contributed by atoms with Crippen molar-refractivity contribution in [1.29, 1.82) is 0 Å². The Balaban J connectivity index is 1.83. The van der Waals surface area contributed by atoms with Gasteiger partial charge in [-0.05, 0) is 18.2 Å². The van der Waals surface area contributed by atoms with Gasteiger partial charge in [0.05, 0.1) is 11.1 Å². The molecule has 104 valence electrons. The van der Waals surface area contributed by atoms with E-state index < -0.39 is 0 Å². The van der Waals surface area contributed by atoms with Gasteiger partial charge in [0.2, 0.25) is 0 Å². The third kappa shape index (κ3) is 2.72. The number of carbonyl (C=O) groups excluding carboxylic acids is 1. The summed E-state index contributed by atoms with van der Waals surface area (Å²) < 4.78 is 13.5. The number of nitrogens with one attached hydrogen (secondary N) is 1. The summed E-state index contributed by atoms with van der Waals surface area (Å²) in [6.45, 7) is 0.127. The smallest absolute Gasteiger partial charge is 0.253 e. The zero-order valence-electron chi connectivity index (χ0n) is 11.1. The Morgan fingerprint density at radius 1 is 1.05 bits per heavy atom. The van der Waals surface area contributed by atoms with Crippen molar-refractivity contribution in [3.63, 3.8) is 0 Å². The van der Waals surface area contributed by atoms with Gasteiger partial charge in [0.15, 0.2) is 0 Å². The lowest BCUT2D eigenvalue weighted by atomic mass is 10.1. The predicted molar refractivity (Wildman–Crippen MR) is 77.1 cm³/mol. The molecule has 0 aliphatic heterocycles. The zero-order valence-corrected chi connectivity index (χ0v) is 11.1. The molecule has 5 heteroatoms. The maximum Gasteiger partial charge on any atom is 0.253 e. The van der Waals surface area contributed by atoms with E-state index in [4.69, 9.17) is 0 Å². The van der Waals surface area contributed by atoms with Gasteiger partial charge in [-0.1, -0.05) is 24.3 Å². The molecule has 0 bridgehead atoms. The normalized spacial score (nSPS) is 10.5. The number of hydrogen-bond donors (Lipinski definition) is 1. The minimum atomic E-state index is -0.337. The monoisotopic (exact) mass is 281 g/mol. The molecule has 3 rings (SSSR count). The van der Waals surface area contributed by atoms with Crippen molar-refractivity contribution in [2.75, 3.05) is 0 Å². The van der Waals surface area contributed by atoms with Gasteiger partial charge in [0.25, 0.3) is 5.91 Å². The molecular formula is C16H12FN3O. The van der Waals surface area contributed by atoms with Crippen LogP contribution in [0, 0.1) is 5.82 Å². The van der Waals surface area contributed by atoms with Gasteiger partial charge < -0.3 is 5.32 Å². The summed E-state index contributed by atoms with van der Waals surface area (Å²) in [7, 11) is 0. The van der Waals surface area contributed by atoms with E-state index in [2.05, 4.69) is 15.3 Å². The van der Waals surface area contributed by atoms with Crippen LogP contribution >= 0.6 is 0 Å². The molecule has 1 heterocycles. The second-order valence-electron chi connectivity index (χ2n) is 4.50. The maximum absolute atomic E-state index is 13.5. The van der Waals surface area contributed by atoms with Crippen LogP contribution < -0.4 is 5.32 Å². The lowest BCUT2D eigenvalue weighted by molar-refractivity contribution is 0.0952. The fourth-order valence-electron chi connectivity index (χ4n) is 2.09. The summed E-state index contributed by atoms with van der Waals surface area (Å²) in [6.07, 6.45) is 3.11. The summed E-state index contributed by atoms with van der Waals surface area (Å²) in [5.41, 5.74) is 2.05. The van der Waals surface area contributed by atoms with E-state index in [-0.39, 0.29) is 18.3 Å². The predicted octanol–water partition coefficient (Wildman–Crippen LogP) is 2.70. The zero-order chi connectivity index (χ0) is 14.7. The van der Waals surface area contributed by atoms with Crippen LogP contribution in [0.4, 0.5) is 4.39 Å². The molecule has 0 fully saturated rings. The first-order valence-electron chi connectivity index (χ1n) is 6.47. The van der Waals surface area contributed by atoms with Crippen molar-refractivity contribution in [1.82, 2.24) is 15.3 Å². The Morgan fingerprint density at radius 3 is 2.71 bits per heavy atom. The van der Waals surface area contributed by atoms with Gasteiger partial charge in [-0.15, -0.1) is 0 Å². The molecule has 1 N–H and O–H groups in total. The van der Waals surface area contributed by atoms with Crippen LogP contribution in [0.3, 0.4) is 0 Å². The average molecular weight is 281 g/mol. The highest BCUT2D eigenvalue weighted by Gasteiger charge is 2.11. The highest BCUT2D eigenvalue weighted by Crippen LogP contribution is 2.14. The van der Waals surface area contributed by atoms with Gasteiger partial charge in [-0.3, -0.25) is 14.8 Å². The second-order valence-corrected chi connectivity index (χ2v) is 4.50. The van der Waals surface area contributed by atoms with E-state index in [0.717, 1.165) is 0 Å². The third-order valence-electron chi connectivity index (χ3n) is 3.14. The van der Waals surface area contributed by atoms with Crippen LogP contribution in [0.25, 0.3) is 11.0 Å². The maximum atomic E-state index is 13.5. The summed E-state index contributed by atoms with van der Waals surface area (Å²) in [5, 5.41) is 2.70. The lowest BCUT2D eigenvalue weighted by Gasteiger charge is -2.07. The van der Waals surface area contributed by atoms with Crippen LogP contribution in [0.2, 0.25) is 0 Å². The van der Waals surface area contributed by atoms with Crippen LogP contribution in [-0.4, -0.2) is 15.9 Å². The summed E-state index contributed by atoms with van der Waals surface area (Å²) in [6, 6.07) is 11.6. The van der Waals surface area contributed by atoms with Crippen LogP contribution in [0.5, 0.6) is 0 Å². The molecule has 1 aromatic heterocycles. The average Bonchev–Trinajstić information content (AvgIpc) is 2.53. The summed E-state index contributed by atoms with van der Waals surface area (Å²) >= 11 is 0. The molecule has 4 nitrogen and oxygen atoms in total.